The van der Waals surface area contributed by atoms with E-state index in [2.05, 4.69) is 15.7 Å². The van der Waals surface area contributed by atoms with Gasteiger partial charge in [0, 0.05) is 18.9 Å². The fraction of sp³-hybridized carbons (Fsp3) is 0.500. The summed E-state index contributed by atoms with van der Waals surface area (Å²) in [5.41, 5.74) is 0.946. The fourth-order valence-electron chi connectivity index (χ4n) is 3.67. The van der Waals surface area contributed by atoms with Gasteiger partial charge in [0.2, 0.25) is 5.91 Å². The molecule has 7 heteroatoms. The van der Waals surface area contributed by atoms with E-state index in [0.29, 0.717) is 13.0 Å². The Morgan fingerprint density at radius 3 is 2.45 bits per heavy atom. The van der Waals surface area contributed by atoms with Crippen LogP contribution in [0.4, 0.5) is 4.79 Å². The van der Waals surface area contributed by atoms with Gasteiger partial charge in [-0.05, 0) is 57.4 Å². The van der Waals surface area contributed by atoms with Crippen LogP contribution >= 0.6 is 0 Å². The van der Waals surface area contributed by atoms with Crippen LogP contribution in [0.1, 0.15) is 52.0 Å². The van der Waals surface area contributed by atoms with Crippen molar-refractivity contribution in [1.82, 2.24) is 20.4 Å². The highest BCUT2D eigenvalue weighted by Gasteiger charge is 2.36. The zero-order valence-corrected chi connectivity index (χ0v) is 17.4. The van der Waals surface area contributed by atoms with Crippen molar-refractivity contribution in [3.63, 3.8) is 0 Å². The minimum atomic E-state index is -0.543. The Balaban J connectivity index is 1.56. The molecule has 3 rings (SSSR count). The van der Waals surface area contributed by atoms with E-state index in [9.17, 15) is 9.59 Å². The zero-order chi connectivity index (χ0) is 20.9. The van der Waals surface area contributed by atoms with Gasteiger partial charge in [-0.25, -0.2) is 9.48 Å². The Labute approximate surface area is 171 Å². The summed E-state index contributed by atoms with van der Waals surface area (Å²) in [5.74, 6) is -0.0373. The summed E-state index contributed by atoms with van der Waals surface area (Å²) in [6.07, 6.45) is 7.24. The molecule has 1 aromatic carbocycles. The smallest absolute Gasteiger partial charge is 0.407 e. The first-order chi connectivity index (χ1) is 13.7. The molecule has 0 radical (unpaired) electrons. The van der Waals surface area contributed by atoms with Gasteiger partial charge in [-0.1, -0.05) is 25.0 Å². The second kappa shape index (κ2) is 8.68. The molecule has 0 aliphatic heterocycles. The van der Waals surface area contributed by atoms with E-state index < -0.39 is 17.2 Å². The molecule has 1 heterocycles. The number of benzene rings is 1. The second-order valence-corrected chi connectivity index (χ2v) is 8.68. The molecule has 2 amide bonds. The van der Waals surface area contributed by atoms with Crippen molar-refractivity contribution in [3.8, 4) is 5.69 Å². The molecule has 1 fully saturated rings. The summed E-state index contributed by atoms with van der Waals surface area (Å²) < 4.78 is 7.09. The first kappa shape index (κ1) is 20.9. The normalized spacial score (nSPS) is 15.7. The van der Waals surface area contributed by atoms with Crippen LogP contribution < -0.4 is 10.6 Å². The Morgan fingerprint density at radius 2 is 1.86 bits per heavy atom. The summed E-state index contributed by atoms with van der Waals surface area (Å²) in [7, 11) is 0. The van der Waals surface area contributed by atoms with Gasteiger partial charge in [0.1, 0.15) is 5.60 Å². The van der Waals surface area contributed by atoms with Crippen molar-refractivity contribution < 1.29 is 14.3 Å². The molecule has 2 N–H and O–H groups in total. The maximum atomic E-state index is 12.7. The zero-order valence-electron chi connectivity index (χ0n) is 17.4. The topological polar surface area (TPSA) is 85.3 Å². The Morgan fingerprint density at radius 1 is 1.17 bits per heavy atom. The molecule has 0 unspecified atom stereocenters. The molecule has 0 saturated heterocycles. The third kappa shape index (κ3) is 6.07. The quantitative estimate of drug-likeness (QED) is 0.781. The van der Waals surface area contributed by atoms with Gasteiger partial charge in [0.15, 0.2) is 0 Å². The minimum absolute atomic E-state index is 0.0373. The molecular formula is C22H30N4O3. The van der Waals surface area contributed by atoms with Gasteiger partial charge in [0.25, 0.3) is 0 Å². The van der Waals surface area contributed by atoms with Crippen LogP contribution in [0, 0.1) is 0 Å². The van der Waals surface area contributed by atoms with Crippen molar-refractivity contribution >= 4 is 12.0 Å². The lowest BCUT2D eigenvalue weighted by atomic mass is 9.96. The van der Waals surface area contributed by atoms with E-state index in [0.717, 1.165) is 36.9 Å². The lowest BCUT2D eigenvalue weighted by molar-refractivity contribution is -0.122. The molecule has 156 valence electrons. The highest BCUT2D eigenvalue weighted by atomic mass is 16.6. The number of carbonyl (C=O) groups is 2. The maximum absolute atomic E-state index is 12.7. The van der Waals surface area contributed by atoms with Crippen LogP contribution in [0.25, 0.3) is 5.69 Å². The largest absolute Gasteiger partial charge is 0.444 e. The van der Waals surface area contributed by atoms with Crippen molar-refractivity contribution in [3.05, 3.63) is 48.3 Å². The van der Waals surface area contributed by atoms with Crippen molar-refractivity contribution in [2.45, 2.75) is 64.0 Å². The summed E-state index contributed by atoms with van der Waals surface area (Å²) in [6.45, 7) is 5.87. The third-order valence-corrected chi connectivity index (χ3v) is 5.01. The van der Waals surface area contributed by atoms with Gasteiger partial charge in [0.05, 0.1) is 17.6 Å². The Hall–Kier alpha value is -2.83. The van der Waals surface area contributed by atoms with E-state index in [1.54, 1.807) is 10.9 Å². The van der Waals surface area contributed by atoms with Gasteiger partial charge in [-0.2, -0.15) is 5.10 Å². The van der Waals surface area contributed by atoms with Gasteiger partial charge < -0.3 is 15.4 Å². The molecule has 1 saturated carbocycles. The lowest BCUT2D eigenvalue weighted by Crippen LogP contribution is -2.54. The number of amides is 2. The van der Waals surface area contributed by atoms with Crippen LogP contribution in [-0.4, -0.2) is 39.5 Å². The Kier molecular flexibility index (Phi) is 6.25. The molecular weight excluding hydrogens is 368 g/mol. The minimum Gasteiger partial charge on any atom is -0.444 e. The molecule has 1 aromatic heterocycles. The van der Waals surface area contributed by atoms with Crippen LogP contribution in [0.15, 0.2) is 42.7 Å². The predicted molar refractivity (Wildman–Crippen MR) is 111 cm³/mol. The molecule has 0 atom stereocenters. The second-order valence-electron chi connectivity index (χ2n) is 8.68. The molecule has 2 aromatic rings. The summed E-state index contributed by atoms with van der Waals surface area (Å²) in [6, 6.07) is 9.65. The fourth-order valence-corrected chi connectivity index (χ4v) is 3.67. The monoisotopic (exact) mass is 398 g/mol. The molecule has 0 spiro atoms. The van der Waals surface area contributed by atoms with E-state index in [4.69, 9.17) is 4.74 Å². The first-order valence-corrected chi connectivity index (χ1v) is 10.1. The predicted octanol–water partition coefficient (Wildman–Crippen LogP) is 3.37. The summed E-state index contributed by atoms with van der Waals surface area (Å²) >= 11 is 0. The molecule has 7 nitrogen and oxygen atoms in total. The summed E-state index contributed by atoms with van der Waals surface area (Å²) in [5, 5.41) is 10.2. The number of ether oxygens (including phenoxy) is 1. The van der Waals surface area contributed by atoms with Gasteiger partial charge in [-0.3, -0.25) is 4.79 Å². The van der Waals surface area contributed by atoms with E-state index >= 15 is 0 Å². The first-order valence-electron chi connectivity index (χ1n) is 10.1. The standard InChI is InChI=1S/C22H30N4O3/c1-21(2,3)29-20(28)23-16-22(11-4-5-12-22)25-19(27)15-17-7-9-18(10-8-17)26-14-6-13-24-26/h6-10,13-14H,4-5,11-12,15-16H2,1-3H3,(H,23,28)(H,25,27). The number of nitrogens with one attached hydrogen (secondary N) is 2. The maximum Gasteiger partial charge on any atom is 0.407 e. The number of rotatable bonds is 6. The molecule has 29 heavy (non-hydrogen) atoms. The summed E-state index contributed by atoms with van der Waals surface area (Å²) in [4.78, 5) is 24.7. The van der Waals surface area contributed by atoms with E-state index in [1.165, 1.54) is 0 Å². The van der Waals surface area contributed by atoms with Crippen molar-refractivity contribution in [1.29, 1.82) is 0 Å². The average Bonchev–Trinajstić information content (AvgIpc) is 3.32. The SMILES string of the molecule is CC(C)(C)OC(=O)NCC1(NC(=O)Cc2ccc(-n3cccn3)cc2)CCCC1. The highest BCUT2D eigenvalue weighted by molar-refractivity contribution is 5.79. The van der Waals surface area contributed by atoms with Gasteiger partial charge in [-0.15, -0.1) is 0 Å². The molecule has 0 bridgehead atoms. The van der Waals surface area contributed by atoms with E-state index in [-0.39, 0.29) is 5.91 Å². The van der Waals surface area contributed by atoms with Crippen molar-refractivity contribution in [2.24, 2.45) is 0 Å². The number of nitrogens with zero attached hydrogens (tertiary/aromatic N) is 2. The molecule has 1 aliphatic rings. The lowest BCUT2D eigenvalue weighted by Gasteiger charge is -2.31. The third-order valence-electron chi connectivity index (χ3n) is 5.01. The van der Waals surface area contributed by atoms with E-state index in [1.807, 2.05) is 57.3 Å². The Bertz CT molecular complexity index is 817. The van der Waals surface area contributed by atoms with Crippen molar-refractivity contribution in [2.75, 3.05) is 6.54 Å². The number of carbonyl (C=O) groups excluding carboxylic acids is 2. The highest BCUT2D eigenvalue weighted by Crippen LogP contribution is 2.29. The van der Waals surface area contributed by atoms with Crippen LogP contribution in [-0.2, 0) is 16.0 Å². The number of alkyl carbamates (subject to hydrolysis) is 1. The number of aromatic nitrogens is 2. The average molecular weight is 399 g/mol. The number of hydrogen-bond donors (Lipinski definition) is 2. The van der Waals surface area contributed by atoms with Crippen LogP contribution in [0.2, 0.25) is 0 Å². The van der Waals surface area contributed by atoms with Gasteiger partial charge >= 0.3 is 6.09 Å². The molecule has 1 aliphatic carbocycles. The van der Waals surface area contributed by atoms with Crippen LogP contribution in [0.3, 0.4) is 0 Å². The van der Waals surface area contributed by atoms with Crippen LogP contribution in [0.5, 0.6) is 0 Å². The number of hydrogen-bond acceptors (Lipinski definition) is 4.